The van der Waals surface area contributed by atoms with Crippen LogP contribution in [0.5, 0.6) is 0 Å². The molecular formula is C21H27N3O2. The molecule has 138 valence electrons. The van der Waals surface area contributed by atoms with Gasteiger partial charge in [0.25, 0.3) is 0 Å². The molecule has 0 radical (unpaired) electrons. The van der Waals surface area contributed by atoms with Gasteiger partial charge in [-0.2, -0.15) is 0 Å². The molecule has 2 atom stereocenters. The quantitative estimate of drug-likeness (QED) is 0.676. The number of carbonyl (C=O) groups is 2. The second-order valence-electron chi connectivity index (χ2n) is 6.84. The highest BCUT2D eigenvalue weighted by Gasteiger charge is 2.21. The fraction of sp³-hybridized carbons (Fsp3) is 0.333. The zero-order valence-corrected chi connectivity index (χ0v) is 15.3. The molecule has 5 nitrogen and oxygen atoms in total. The Morgan fingerprint density at radius 2 is 1.35 bits per heavy atom. The number of nitrogens with two attached hydrogens (primary N) is 1. The molecule has 0 aliphatic carbocycles. The molecule has 0 aliphatic heterocycles. The SMILES string of the molecule is CC(C)C[C@@H](NC(=O)C[C@@H](NC(N)=O)c1ccccc1)c1ccccc1. The van der Waals surface area contributed by atoms with Crippen LogP contribution < -0.4 is 16.4 Å². The first-order valence-corrected chi connectivity index (χ1v) is 8.91. The summed E-state index contributed by atoms with van der Waals surface area (Å²) in [5, 5.41) is 5.77. The predicted molar refractivity (Wildman–Crippen MR) is 103 cm³/mol. The lowest BCUT2D eigenvalue weighted by Crippen LogP contribution is -2.37. The first kappa shape index (κ1) is 19.5. The van der Waals surface area contributed by atoms with Crippen LogP contribution in [0.3, 0.4) is 0 Å². The van der Waals surface area contributed by atoms with E-state index in [1.54, 1.807) is 0 Å². The van der Waals surface area contributed by atoms with Gasteiger partial charge in [-0.1, -0.05) is 74.5 Å². The van der Waals surface area contributed by atoms with Crippen molar-refractivity contribution in [1.29, 1.82) is 0 Å². The Bertz CT molecular complexity index is 702. The summed E-state index contributed by atoms with van der Waals surface area (Å²) in [6.07, 6.45) is 0.976. The molecule has 0 aromatic heterocycles. The minimum absolute atomic E-state index is 0.0614. The van der Waals surface area contributed by atoms with E-state index in [9.17, 15) is 9.59 Å². The number of urea groups is 1. The van der Waals surface area contributed by atoms with Crippen LogP contribution in [-0.4, -0.2) is 11.9 Å². The highest BCUT2D eigenvalue weighted by atomic mass is 16.2. The van der Waals surface area contributed by atoms with E-state index in [2.05, 4.69) is 24.5 Å². The number of carbonyl (C=O) groups excluding carboxylic acids is 2. The highest BCUT2D eigenvalue weighted by molar-refractivity contribution is 5.79. The van der Waals surface area contributed by atoms with Crippen molar-refractivity contribution in [2.24, 2.45) is 11.7 Å². The number of hydrogen-bond acceptors (Lipinski definition) is 2. The number of amides is 3. The maximum atomic E-state index is 12.7. The van der Waals surface area contributed by atoms with E-state index in [1.807, 2.05) is 60.7 Å². The summed E-state index contributed by atoms with van der Waals surface area (Å²) in [5.41, 5.74) is 7.21. The van der Waals surface area contributed by atoms with E-state index in [1.165, 1.54) is 0 Å². The van der Waals surface area contributed by atoms with Gasteiger partial charge < -0.3 is 16.4 Å². The van der Waals surface area contributed by atoms with Crippen LogP contribution in [0.15, 0.2) is 60.7 Å². The van der Waals surface area contributed by atoms with Crippen molar-refractivity contribution in [2.75, 3.05) is 0 Å². The molecule has 2 aromatic rings. The van der Waals surface area contributed by atoms with Crippen LogP contribution in [0.1, 0.15) is 49.9 Å². The van der Waals surface area contributed by atoms with Gasteiger partial charge in [-0.3, -0.25) is 4.79 Å². The summed E-state index contributed by atoms with van der Waals surface area (Å²) in [6.45, 7) is 4.26. The van der Waals surface area contributed by atoms with Gasteiger partial charge in [-0.05, 0) is 23.5 Å². The summed E-state index contributed by atoms with van der Waals surface area (Å²) in [5.74, 6) is 0.316. The van der Waals surface area contributed by atoms with E-state index in [-0.39, 0.29) is 18.4 Å². The summed E-state index contributed by atoms with van der Waals surface area (Å²) < 4.78 is 0. The lowest BCUT2D eigenvalue weighted by atomic mass is 9.96. The van der Waals surface area contributed by atoms with Gasteiger partial charge >= 0.3 is 6.03 Å². The number of hydrogen-bond donors (Lipinski definition) is 3. The topological polar surface area (TPSA) is 84.2 Å². The average molecular weight is 353 g/mol. The second-order valence-corrected chi connectivity index (χ2v) is 6.84. The third-order valence-electron chi connectivity index (χ3n) is 4.15. The van der Waals surface area contributed by atoms with E-state index in [0.717, 1.165) is 17.5 Å². The Morgan fingerprint density at radius 3 is 1.81 bits per heavy atom. The molecule has 0 fully saturated rings. The molecule has 0 heterocycles. The third-order valence-corrected chi connectivity index (χ3v) is 4.15. The molecule has 0 unspecified atom stereocenters. The summed E-state index contributed by atoms with van der Waals surface area (Å²) in [4.78, 5) is 24.0. The van der Waals surface area contributed by atoms with Crippen molar-refractivity contribution in [3.05, 3.63) is 71.8 Å². The maximum Gasteiger partial charge on any atom is 0.312 e. The minimum atomic E-state index is -0.645. The van der Waals surface area contributed by atoms with Crippen LogP contribution in [0.4, 0.5) is 4.79 Å². The Morgan fingerprint density at radius 1 is 0.846 bits per heavy atom. The van der Waals surface area contributed by atoms with Gasteiger partial charge in [0, 0.05) is 0 Å². The molecule has 5 heteroatoms. The lowest BCUT2D eigenvalue weighted by Gasteiger charge is -2.23. The smallest absolute Gasteiger partial charge is 0.312 e. The summed E-state index contributed by atoms with van der Waals surface area (Å²) in [7, 11) is 0. The van der Waals surface area contributed by atoms with Gasteiger partial charge in [0.2, 0.25) is 5.91 Å². The van der Waals surface area contributed by atoms with Crippen LogP contribution in [0.2, 0.25) is 0 Å². The van der Waals surface area contributed by atoms with E-state index >= 15 is 0 Å². The maximum absolute atomic E-state index is 12.7. The van der Waals surface area contributed by atoms with Gasteiger partial charge in [0.05, 0.1) is 18.5 Å². The highest BCUT2D eigenvalue weighted by Crippen LogP contribution is 2.22. The van der Waals surface area contributed by atoms with Crippen LogP contribution in [-0.2, 0) is 4.79 Å². The molecule has 0 spiro atoms. The van der Waals surface area contributed by atoms with E-state index < -0.39 is 12.1 Å². The fourth-order valence-electron chi connectivity index (χ4n) is 2.98. The molecule has 26 heavy (non-hydrogen) atoms. The van der Waals surface area contributed by atoms with E-state index in [0.29, 0.717) is 5.92 Å². The standard InChI is InChI=1S/C21H27N3O2/c1-15(2)13-18(16-9-5-3-6-10-16)23-20(25)14-19(24-21(22)26)17-11-7-4-8-12-17/h3-12,15,18-19H,13-14H2,1-2H3,(H,23,25)(H3,22,24,26)/t18-,19-/m1/s1. The Hall–Kier alpha value is -2.82. The number of rotatable bonds is 8. The first-order chi connectivity index (χ1) is 12.5. The van der Waals surface area contributed by atoms with Crippen molar-refractivity contribution in [3.8, 4) is 0 Å². The molecule has 2 rings (SSSR count). The molecule has 4 N–H and O–H groups in total. The zero-order valence-electron chi connectivity index (χ0n) is 15.3. The lowest BCUT2D eigenvalue weighted by molar-refractivity contribution is -0.122. The van der Waals surface area contributed by atoms with Crippen molar-refractivity contribution < 1.29 is 9.59 Å². The molecular weight excluding hydrogens is 326 g/mol. The molecule has 2 aromatic carbocycles. The normalized spacial score (nSPS) is 13.0. The summed E-state index contributed by atoms with van der Waals surface area (Å²) >= 11 is 0. The first-order valence-electron chi connectivity index (χ1n) is 8.91. The van der Waals surface area contributed by atoms with Crippen molar-refractivity contribution in [2.45, 2.75) is 38.8 Å². The molecule has 0 saturated heterocycles. The zero-order chi connectivity index (χ0) is 18.9. The third kappa shape index (κ3) is 6.24. The average Bonchev–Trinajstić information content (AvgIpc) is 2.61. The molecule has 3 amide bonds. The Balaban J connectivity index is 2.10. The van der Waals surface area contributed by atoms with Gasteiger partial charge in [0.1, 0.15) is 0 Å². The van der Waals surface area contributed by atoms with Crippen LogP contribution in [0.25, 0.3) is 0 Å². The monoisotopic (exact) mass is 353 g/mol. The van der Waals surface area contributed by atoms with Crippen LogP contribution in [0, 0.1) is 5.92 Å². The van der Waals surface area contributed by atoms with Crippen molar-refractivity contribution in [3.63, 3.8) is 0 Å². The van der Waals surface area contributed by atoms with Gasteiger partial charge in [-0.15, -0.1) is 0 Å². The van der Waals surface area contributed by atoms with Crippen molar-refractivity contribution >= 4 is 11.9 Å². The Kier molecular flexibility index (Phi) is 7.21. The Labute approximate surface area is 155 Å². The second kappa shape index (κ2) is 9.61. The molecule has 0 saturated carbocycles. The van der Waals surface area contributed by atoms with Crippen molar-refractivity contribution in [1.82, 2.24) is 10.6 Å². The minimum Gasteiger partial charge on any atom is -0.352 e. The molecule has 0 bridgehead atoms. The summed E-state index contributed by atoms with van der Waals surface area (Å²) in [6, 6.07) is 18.1. The number of benzene rings is 2. The fourth-order valence-corrected chi connectivity index (χ4v) is 2.98. The molecule has 0 aliphatic rings. The number of nitrogens with one attached hydrogen (secondary N) is 2. The predicted octanol–water partition coefficient (Wildman–Crippen LogP) is 3.69. The van der Waals surface area contributed by atoms with Gasteiger partial charge in [-0.25, -0.2) is 4.79 Å². The van der Waals surface area contributed by atoms with Crippen LogP contribution >= 0.6 is 0 Å². The largest absolute Gasteiger partial charge is 0.352 e. The van der Waals surface area contributed by atoms with Gasteiger partial charge in [0.15, 0.2) is 0 Å². The van der Waals surface area contributed by atoms with E-state index in [4.69, 9.17) is 5.73 Å². The number of primary amides is 1.